The second-order valence-electron chi connectivity index (χ2n) is 9.35. The van der Waals surface area contributed by atoms with Gasteiger partial charge < -0.3 is 19.3 Å². The first-order chi connectivity index (χ1) is 16.4. The van der Waals surface area contributed by atoms with Crippen LogP contribution in [0.15, 0.2) is 47.4 Å². The van der Waals surface area contributed by atoms with E-state index in [0.717, 1.165) is 18.4 Å². The number of rotatable bonds is 6. The van der Waals surface area contributed by atoms with E-state index in [-0.39, 0.29) is 21.8 Å². The fraction of sp³-hybridized carbons (Fsp3) is 0.458. The Balaban J connectivity index is 1.48. The van der Waals surface area contributed by atoms with Gasteiger partial charge in [0.1, 0.15) is 5.75 Å². The Kier molecular flexibility index (Phi) is 6.76. The van der Waals surface area contributed by atoms with E-state index in [2.05, 4.69) is 0 Å². The number of sulfone groups is 1. The number of anilines is 1. The monoisotopic (exact) mass is 512 g/mol. The largest absolute Gasteiger partial charge is 0.492 e. The maximum absolute atomic E-state index is 13.4. The number of halogens is 3. The minimum absolute atomic E-state index is 0.0229. The van der Waals surface area contributed by atoms with Gasteiger partial charge >= 0.3 is 6.18 Å². The van der Waals surface area contributed by atoms with Crippen LogP contribution in [0.5, 0.6) is 5.75 Å². The number of carbonyl (C=O) groups excluding carboxylic acids is 1. The van der Waals surface area contributed by atoms with Crippen molar-refractivity contribution in [2.75, 3.05) is 57.2 Å². The minimum atomic E-state index is -4.40. The van der Waals surface area contributed by atoms with E-state index in [1.165, 1.54) is 30.3 Å². The van der Waals surface area contributed by atoms with Crippen LogP contribution in [0.4, 0.5) is 18.9 Å². The lowest BCUT2D eigenvalue weighted by Crippen LogP contribution is -2.49. The Morgan fingerprint density at radius 1 is 1.06 bits per heavy atom. The van der Waals surface area contributed by atoms with Crippen LogP contribution in [-0.4, -0.2) is 71.5 Å². The SMILES string of the molecule is CC1(COc2ccc(S(C)(=O)=O)cc2C(=O)N2CCN(c3ccc(C(F)(F)F)cc3)CC2)COC1. The second-order valence-corrected chi connectivity index (χ2v) is 11.4. The fourth-order valence-corrected chi connectivity index (χ4v) is 4.67. The number of nitrogens with zero attached hydrogens (tertiary/aromatic N) is 2. The molecular weight excluding hydrogens is 485 g/mol. The number of hydrogen-bond acceptors (Lipinski definition) is 6. The Labute approximate surface area is 202 Å². The van der Waals surface area contributed by atoms with Crippen LogP contribution < -0.4 is 9.64 Å². The lowest BCUT2D eigenvalue weighted by Gasteiger charge is -2.38. The quantitative estimate of drug-likeness (QED) is 0.590. The van der Waals surface area contributed by atoms with E-state index >= 15 is 0 Å². The average Bonchev–Trinajstić information content (AvgIpc) is 2.80. The van der Waals surface area contributed by atoms with Crippen molar-refractivity contribution >= 4 is 21.4 Å². The van der Waals surface area contributed by atoms with Crippen LogP contribution in [0.25, 0.3) is 0 Å². The standard InChI is InChI=1S/C24H27F3N2O5S/c1-23(14-33-15-23)16-34-21-8-7-19(35(2,31)32)13-20(21)22(30)29-11-9-28(10-12-29)18-5-3-17(4-6-18)24(25,26)27/h3-8,13H,9-12,14-16H2,1-2H3. The third-order valence-electron chi connectivity index (χ3n) is 6.21. The van der Waals surface area contributed by atoms with E-state index in [9.17, 15) is 26.4 Å². The maximum atomic E-state index is 13.4. The highest BCUT2D eigenvalue weighted by molar-refractivity contribution is 7.90. The predicted octanol–water partition coefficient (Wildman–Crippen LogP) is 3.49. The number of ether oxygens (including phenoxy) is 2. The van der Waals surface area contributed by atoms with Crippen LogP contribution in [0, 0.1) is 5.41 Å². The molecule has 190 valence electrons. The number of carbonyl (C=O) groups is 1. The maximum Gasteiger partial charge on any atom is 0.416 e. The number of benzene rings is 2. The molecule has 2 fully saturated rings. The van der Waals surface area contributed by atoms with Gasteiger partial charge in [-0.25, -0.2) is 8.42 Å². The summed E-state index contributed by atoms with van der Waals surface area (Å²) in [6, 6.07) is 9.20. The van der Waals surface area contributed by atoms with Gasteiger partial charge in [-0.05, 0) is 42.5 Å². The van der Waals surface area contributed by atoms with Gasteiger partial charge in [0.15, 0.2) is 9.84 Å². The topological polar surface area (TPSA) is 76.2 Å². The Morgan fingerprint density at radius 3 is 2.20 bits per heavy atom. The molecule has 11 heteroatoms. The summed E-state index contributed by atoms with van der Waals surface area (Å²) in [5, 5.41) is 0. The first-order valence-corrected chi connectivity index (χ1v) is 13.0. The molecule has 0 saturated carbocycles. The molecule has 2 aliphatic heterocycles. The molecule has 0 radical (unpaired) electrons. The highest BCUT2D eigenvalue weighted by Crippen LogP contribution is 2.32. The lowest BCUT2D eigenvalue weighted by atomic mass is 9.90. The highest BCUT2D eigenvalue weighted by atomic mass is 32.2. The van der Waals surface area contributed by atoms with Crippen LogP contribution >= 0.6 is 0 Å². The predicted molar refractivity (Wildman–Crippen MR) is 124 cm³/mol. The summed E-state index contributed by atoms with van der Waals surface area (Å²) in [4.78, 5) is 16.9. The summed E-state index contributed by atoms with van der Waals surface area (Å²) in [5.41, 5.74) is -0.0667. The number of amides is 1. The summed E-state index contributed by atoms with van der Waals surface area (Å²) < 4.78 is 73.8. The first-order valence-electron chi connectivity index (χ1n) is 11.1. The van der Waals surface area contributed by atoms with Crippen LogP contribution in [-0.2, 0) is 20.8 Å². The van der Waals surface area contributed by atoms with Crippen molar-refractivity contribution in [3.8, 4) is 5.75 Å². The van der Waals surface area contributed by atoms with Crippen molar-refractivity contribution in [3.05, 3.63) is 53.6 Å². The van der Waals surface area contributed by atoms with Gasteiger partial charge in [-0.1, -0.05) is 6.92 Å². The molecule has 35 heavy (non-hydrogen) atoms. The highest BCUT2D eigenvalue weighted by Gasteiger charge is 2.35. The molecule has 0 aromatic heterocycles. The molecule has 2 heterocycles. The molecule has 0 unspecified atom stereocenters. The van der Waals surface area contributed by atoms with Crippen molar-refractivity contribution in [1.29, 1.82) is 0 Å². The molecule has 2 aromatic rings. The van der Waals surface area contributed by atoms with E-state index in [1.54, 1.807) is 4.90 Å². The summed E-state index contributed by atoms with van der Waals surface area (Å²) in [6.07, 6.45) is -3.32. The van der Waals surface area contributed by atoms with Gasteiger partial charge in [0.05, 0.1) is 35.8 Å². The van der Waals surface area contributed by atoms with Gasteiger partial charge in [-0.2, -0.15) is 13.2 Å². The number of alkyl halides is 3. The molecule has 7 nitrogen and oxygen atoms in total. The van der Waals surface area contributed by atoms with Gasteiger partial charge in [0.2, 0.25) is 0 Å². The van der Waals surface area contributed by atoms with Gasteiger partial charge in [0.25, 0.3) is 5.91 Å². The Hall–Kier alpha value is -2.79. The van der Waals surface area contributed by atoms with E-state index < -0.39 is 21.6 Å². The minimum Gasteiger partial charge on any atom is -0.492 e. The summed E-state index contributed by atoms with van der Waals surface area (Å²) in [7, 11) is -3.54. The number of hydrogen-bond donors (Lipinski definition) is 0. The number of piperazine rings is 1. The molecule has 4 rings (SSSR count). The molecular formula is C24H27F3N2O5S. The fourth-order valence-electron chi connectivity index (χ4n) is 4.02. The van der Waals surface area contributed by atoms with Crippen LogP contribution in [0.2, 0.25) is 0 Å². The van der Waals surface area contributed by atoms with Crippen molar-refractivity contribution in [2.45, 2.75) is 18.0 Å². The van der Waals surface area contributed by atoms with Crippen molar-refractivity contribution < 1.29 is 35.9 Å². The summed E-state index contributed by atoms with van der Waals surface area (Å²) >= 11 is 0. The lowest BCUT2D eigenvalue weighted by molar-refractivity contribution is -0.137. The molecule has 2 aromatic carbocycles. The van der Waals surface area contributed by atoms with Crippen molar-refractivity contribution in [1.82, 2.24) is 4.90 Å². The smallest absolute Gasteiger partial charge is 0.416 e. The molecule has 2 aliphatic rings. The van der Waals surface area contributed by atoms with Gasteiger partial charge in [-0.15, -0.1) is 0 Å². The molecule has 1 amide bonds. The zero-order chi connectivity index (χ0) is 25.4. The third-order valence-corrected chi connectivity index (χ3v) is 7.32. The van der Waals surface area contributed by atoms with E-state index in [1.807, 2.05) is 11.8 Å². The van der Waals surface area contributed by atoms with Crippen LogP contribution in [0.3, 0.4) is 0 Å². The zero-order valence-electron chi connectivity index (χ0n) is 19.5. The molecule has 0 N–H and O–H groups in total. The second kappa shape index (κ2) is 9.34. The normalized spacial score (nSPS) is 18.2. The molecule has 0 spiro atoms. The Morgan fingerprint density at radius 2 is 1.69 bits per heavy atom. The van der Waals surface area contributed by atoms with Crippen molar-refractivity contribution in [2.24, 2.45) is 5.41 Å². The summed E-state index contributed by atoms with van der Waals surface area (Å²) in [6.45, 7) is 4.93. The van der Waals surface area contributed by atoms with Crippen LogP contribution in [0.1, 0.15) is 22.8 Å². The molecule has 2 saturated heterocycles. The molecule has 0 atom stereocenters. The first kappa shape index (κ1) is 25.3. The Bertz CT molecular complexity index is 1190. The average molecular weight is 513 g/mol. The third kappa shape index (κ3) is 5.72. The zero-order valence-corrected chi connectivity index (χ0v) is 20.3. The van der Waals surface area contributed by atoms with Gasteiger partial charge in [-0.3, -0.25) is 4.79 Å². The van der Waals surface area contributed by atoms with E-state index in [4.69, 9.17) is 9.47 Å². The van der Waals surface area contributed by atoms with Gasteiger partial charge in [0, 0.05) is 43.5 Å². The van der Waals surface area contributed by atoms with Crippen molar-refractivity contribution in [3.63, 3.8) is 0 Å². The molecule has 0 bridgehead atoms. The van der Waals surface area contributed by atoms with E-state index in [0.29, 0.717) is 57.4 Å². The molecule has 0 aliphatic carbocycles. The summed E-state index contributed by atoms with van der Waals surface area (Å²) in [5.74, 6) is -0.0479.